The van der Waals surface area contributed by atoms with Gasteiger partial charge in [0.05, 0.1) is 32.0 Å². The minimum Gasteiger partial charge on any atom is -0.381 e. The summed E-state index contributed by atoms with van der Waals surface area (Å²) in [5, 5.41) is 16.8. The molecule has 0 unspecified atom stereocenters. The van der Waals surface area contributed by atoms with Gasteiger partial charge in [0.1, 0.15) is 17.7 Å². The average Bonchev–Trinajstić information content (AvgIpc) is 3.24. The van der Waals surface area contributed by atoms with Gasteiger partial charge in [-0.25, -0.2) is 15.0 Å². The predicted molar refractivity (Wildman–Crippen MR) is 138 cm³/mol. The number of benzene rings is 1. The van der Waals surface area contributed by atoms with E-state index in [9.17, 15) is 4.79 Å². The largest absolute Gasteiger partial charge is 0.381 e. The lowest BCUT2D eigenvalue weighted by molar-refractivity contribution is 0.100. The quantitative estimate of drug-likeness (QED) is 0.371. The molecular formula is C25H24N8OS. The molecule has 1 saturated heterocycles. The van der Waals surface area contributed by atoms with Gasteiger partial charge in [0, 0.05) is 43.3 Å². The molecule has 0 atom stereocenters. The van der Waals surface area contributed by atoms with Crippen LogP contribution in [0.4, 0.5) is 23.0 Å². The van der Waals surface area contributed by atoms with Gasteiger partial charge in [-0.05, 0) is 50.1 Å². The van der Waals surface area contributed by atoms with Crippen LogP contribution < -0.4 is 21.3 Å². The molecular weight excluding hydrogens is 460 g/mol. The van der Waals surface area contributed by atoms with Crippen molar-refractivity contribution in [1.29, 1.82) is 5.26 Å². The first-order chi connectivity index (χ1) is 17.0. The van der Waals surface area contributed by atoms with Crippen molar-refractivity contribution in [3.05, 3.63) is 64.9 Å². The molecule has 3 aromatic heterocycles. The molecule has 4 N–H and O–H groups in total. The molecule has 1 aromatic carbocycles. The highest BCUT2D eigenvalue weighted by Crippen LogP contribution is 2.28. The number of fused-ring (bicyclic) bond motifs is 1. The van der Waals surface area contributed by atoms with E-state index in [0.717, 1.165) is 52.7 Å². The second-order valence-corrected chi connectivity index (χ2v) is 9.68. The Morgan fingerprint density at radius 1 is 1.17 bits per heavy atom. The van der Waals surface area contributed by atoms with E-state index < -0.39 is 5.91 Å². The van der Waals surface area contributed by atoms with Crippen LogP contribution in [0.25, 0.3) is 10.2 Å². The minimum atomic E-state index is -0.521. The van der Waals surface area contributed by atoms with Gasteiger partial charge in [0.2, 0.25) is 0 Å². The average molecular weight is 485 g/mol. The molecule has 1 amide bonds. The number of pyridine rings is 2. The molecule has 1 aliphatic rings. The van der Waals surface area contributed by atoms with Crippen molar-refractivity contribution in [1.82, 2.24) is 15.0 Å². The Morgan fingerprint density at radius 2 is 2.00 bits per heavy atom. The topological polar surface area (TPSA) is 133 Å². The zero-order chi connectivity index (χ0) is 24.4. The first-order valence-corrected chi connectivity index (χ1v) is 12.1. The van der Waals surface area contributed by atoms with E-state index in [2.05, 4.69) is 36.6 Å². The SMILES string of the molecule is Cc1nc2ccc(Nc3cc(NC4CCN(c5ccc(C#N)cn5)CC4)c(C(N)=O)cn3)cc2s1. The number of hydrogen-bond donors (Lipinski definition) is 3. The van der Waals surface area contributed by atoms with Gasteiger partial charge in [0.15, 0.2) is 0 Å². The third kappa shape index (κ3) is 5.00. The van der Waals surface area contributed by atoms with E-state index in [1.807, 2.05) is 37.3 Å². The molecule has 35 heavy (non-hydrogen) atoms. The summed E-state index contributed by atoms with van der Waals surface area (Å²) >= 11 is 1.64. The maximum Gasteiger partial charge on any atom is 0.252 e. The number of thiazole rings is 1. The summed E-state index contributed by atoms with van der Waals surface area (Å²) in [6.07, 6.45) is 4.84. The Balaban J connectivity index is 1.29. The van der Waals surface area contributed by atoms with E-state index in [0.29, 0.717) is 22.6 Å². The van der Waals surface area contributed by atoms with Gasteiger partial charge in [0.25, 0.3) is 5.91 Å². The first-order valence-electron chi connectivity index (χ1n) is 11.3. The lowest BCUT2D eigenvalue weighted by Gasteiger charge is -2.34. The molecule has 9 nitrogen and oxygen atoms in total. The van der Waals surface area contributed by atoms with E-state index >= 15 is 0 Å². The number of piperidine rings is 1. The number of hydrogen-bond acceptors (Lipinski definition) is 9. The maximum atomic E-state index is 12.0. The molecule has 4 heterocycles. The van der Waals surface area contributed by atoms with Crippen molar-refractivity contribution in [2.75, 3.05) is 28.6 Å². The van der Waals surface area contributed by atoms with Crippen LogP contribution in [0.5, 0.6) is 0 Å². The summed E-state index contributed by atoms with van der Waals surface area (Å²) in [4.78, 5) is 27.5. The summed E-state index contributed by atoms with van der Waals surface area (Å²) in [6.45, 7) is 3.62. The van der Waals surface area contributed by atoms with Crippen molar-refractivity contribution < 1.29 is 4.79 Å². The van der Waals surface area contributed by atoms with Crippen LogP contribution in [0.2, 0.25) is 0 Å². The number of anilines is 4. The van der Waals surface area contributed by atoms with Gasteiger partial charge in [-0.15, -0.1) is 11.3 Å². The van der Waals surface area contributed by atoms with E-state index in [1.165, 1.54) is 6.20 Å². The van der Waals surface area contributed by atoms with Gasteiger partial charge < -0.3 is 21.3 Å². The number of aromatic nitrogens is 3. The number of rotatable bonds is 6. The van der Waals surface area contributed by atoms with Crippen LogP contribution in [-0.2, 0) is 0 Å². The Bertz CT molecular complexity index is 1420. The van der Waals surface area contributed by atoms with Gasteiger partial charge in [-0.2, -0.15) is 5.26 Å². The van der Waals surface area contributed by atoms with E-state index in [1.54, 1.807) is 23.6 Å². The van der Waals surface area contributed by atoms with E-state index in [-0.39, 0.29) is 6.04 Å². The van der Waals surface area contributed by atoms with Crippen molar-refractivity contribution in [3.8, 4) is 6.07 Å². The number of carbonyl (C=O) groups is 1. The van der Waals surface area contributed by atoms with Crippen LogP contribution in [0.15, 0.2) is 48.8 Å². The molecule has 0 bridgehead atoms. The minimum absolute atomic E-state index is 0.175. The molecule has 0 radical (unpaired) electrons. The normalized spacial score (nSPS) is 14.0. The molecule has 1 aliphatic heterocycles. The Kier molecular flexibility index (Phi) is 6.16. The fourth-order valence-electron chi connectivity index (χ4n) is 4.22. The van der Waals surface area contributed by atoms with Crippen molar-refractivity contribution in [3.63, 3.8) is 0 Å². The van der Waals surface area contributed by atoms with Gasteiger partial charge in [-0.1, -0.05) is 0 Å². The highest BCUT2D eigenvalue weighted by molar-refractivity contribution is 7.18. The maximum absolute atomic E-state index is 12.0. The molecule has 176 valence electrons. The van der Waals surface area contributed by atoms with Crippen LogP contribution >= 0.6 is 11.3 Å². The molecule has 0 saturated carbocycles. The molecule has 0 spiro atoms. The zero-order valence-electron chi connectivity index (χ0n) is 19.2. The fraction of sp³-hybridized carbons (Fsp3) is 0.240. The number of nitriles is 1. The monoisotopic (exact) mass is 484 g/mol. The summed E-state index contributed by atoms with van der Waals surface area (Å²) in [7, 11) is 0. The lowest BCUT2D eigenvalue weighted by atomic mass is 10.0. The van der Waals surface area contributed by atoms with Gasteiger partial charge >= 0.3 is 0 Å². The van der Waals surface area contributed by atoms with Crippen molar-refractivity contribution in [2.24, 2.45) is 5.73 Å². The number of nitrogens with one attached hydrogen (secondary N) is 2. The molecule has 0 aliphatic carbocycles. The van der Waals surface area contributed by atoms with Crippen molar-refractivity contribution in [2.45, 2.75) is 25.8 Å². The van der Waals surface area contributed by atoms with E-state index in [4.69, 9.17) is 11.0 Å². The number of aryl methyl sites for hydroxylation is 1. The van der Waals surface area contributed by atoms with Gasteiger partial charge in [-0.3, -0.25) is 4.79 Å². The molecule has 5 rings (SSSR count). The third-order valence-electron chi connectivity index (χ3n) is 5.99. The lowest BCUT2D eigenvalue weighted by Crippen LogP contribution is -2.39. The Hall–Kier alpha value is -4.23. The number of primary amides is 1. The second-order valence-electron chi connectivity index (χ2n) is 8.44. The zero-order valence-corrected chi connectivity index (χ0v) is 20.0. The highest BCUT2D eigenvalue weighted by Gasteiger charge is 2.22. The third-order valence-corrected chi connectivity index (χ3v) is 6.93. The molecule has 1 fully saturated rings. The summed E-state index contributed by atoms with van der Waals surface area (Å²) in [5.41, 5.74) is 9.07. The number of amides is 1. The van der Waals surface area contributed by atoms with Crippen LogP contribution in [0, 0.1) is 18.3 Å². The summed E-state index contributed by atoms with van der Waals surface area (Å²) in [6, 6.07) is 13.7. The smallest absolute Gasteiger partial charge is 0.252 e. The number of nitrogens with zero attached hydrogens (tertiary/aromatic N) is 5. The van der Waals surface area contributed by atoms with Crippen LogP contribution in [-0.4, -0.2) is 40.0 Å². The van der Waals surface area contributed by atoms with Crippen LogP contribution in [0.3, 0.4) is 0 Å². The second kappa shape index (κ2) is 9.56. The predicted octanol–water partition coefficient (Wildman–Crippen LogP) is 4.19. The molecule has 4 aromatic rings. The number of carbonyl (C=O) groups excluding carboxylic acids is 1. The van der Waals surface area contributed by atoms with Crippen LogP contribution in [0.1, 0.15) is 33.8 Å². The standard InChI is InChI=1S/C25H24N8OS/c1-15-30-20-4-3-18(10-22(20)35-15)32-23-11-21(19(14-28-23)25(27)34)31-17-6-8-33(9-7-17)24-5-2-16(12-26)13-29-24/h2-5,10-11,13-14,17H,6-9H2,1H3,(H2,27,34)(H2,28,31,32). The highest BCUT2D eigenvalue weighted by atomic mass is 32.1. The molecule has 10 heteroatoms. The van der Waals surface area contributed by atoms with Crippen molar-refractivity contribution >= 4 is 50.5 Å². The first kappa shape index (κ1) is 22.6. The summed E-state index contributed by atoms with van der Waals surface area (Å²) < 4.78 is 1.10. The Labute approximate surface area is 206 Å². The summed E-state index contributed by atoms with van der Waals surface area (Å²) in [5.74, 6) is 0.966. The number of nitrogens with two attached hydrogens (primary N) is 1. The Morgan fingerprint density at radius 3 is 2.71 bits per heavy atom. The fourth-order valence-corrected chi connectivity index (χ4v) is 5.08.